The Hall–Kier alpha value is -0.510. The first-order valence-corrected chi connectivity index (χ1v) is 4.37. The van der Waals surface area contributed by atoms with Crippen molar-refractivity contribution in [2.24, 2.45) is 0 Å². The maximum Gasteiger partial charge on any atom is 0.219 e. The molecule has 64 valence electrons. The van der Waals surface area contributed by atoms with E-state index in [1.165, 1.54) is 25.6 Å². The standard InChI is InChI=1S/C7H13NO2S/c1-6(9)8(3)4-5-11-7(2)10/h4-5H2,1-3H3. The Morgan fingerprint density at radius 3 is 2.27 bits per heavy atom. The van der Waals surface area contributed by atoms with Crippen LogP contribution in [-0.2, 0) is 9.59 Å². The topological polar surface area (TPSA) is 37.4 Å². The molecule has 0 aliphatic carbocycles. The van der Waals surface area contributed by atoms with Crippen LogP contribution in [0.2, 0.25) is 0 Å². The van der Waals surface area contributed by atoms with Crippen molar-refractivity contribution >= 4 is 22.8 Å². The number of thioether (sulfide) groups is 1. The van der Waals surface area contributed by atoms with Crippen molar-refractivity contribution in [3.63, 3.8) is 0 Å². The van der Waals surface area contributed by atoms with Crippen molar-refractivity contribution in [1.29, 1.82) is 0 Å². The molecule has 0 aromatic rings. The summed E-state index contributed by atoms with van der Waals surface area (Å²) in [6.45, 7) is 3.68. The predicted octanol–water partition coefficient (Wildman–Crippen LogP) is 0.744. The fourth-order valence-corrected chi connectivity index (χ4v) is 1.14. The van der Waals surface area contributed by atoms with Gasteiger partial charge in [0.15, 0.2) is 5.12 Å². The minimum atomic E-state index is 0.0363. The predicted molar refractivity (Wildman–Crippen MR) is 46.5 cm³/mol. The zero-order valence-corrected chi connectivity index (χ0v) is 7.90. The molecular weight excluding hydrogens is 162 g/mol. The Morgan fingerprint density at radius 1 is 1.36 bits per heavy atom. The van der Waals surface area contributed by atoms with Crippen LogP contribution in [0.5, 0.6) is 0 Å². The van der Waals surface area contributed by atoms with Gasteiger partial charge >= 0.3 is 0 Å². The average molecular weight is 175 g/mol. The number of carbonyl (C=O) groups excluding carboxylic acids is 2. The van der Waals surface area contributed by atoms with E-state index in [2.05, 4.69) is 0 Å². The second-order valence-electron chi connectivity index (χ2n) is 2.28. The van der Waals surface area contributed by atoms with Gasteiger partial charge in [-0.1, -0.05) is 11.8 Å². The molecule has 11 heavy (non-hydrogen) atoms. The van der Waals surface area contributed by atoms with E-state index in [-0.39, 0.29) is 11.0 Å². The third-order valence-electron chi connectivity index (χ3n) is 1.27. The summed E-state index contributed by atoms with van der Waals surface area (Å²) in [5, 5.41) is 0.0990. The molecule has 0 unspecified atom stereocenters. The molecule has 0 heterocycles. The number of hydrogen-bond donors (Lipinski definition) is 0. The molecule has 0 atom stereocenters. The van der Waals surface area contributed by atoms with Crippen LogP contribution in [-0.4, -0.2) is 35.3 Å². The monoisotopic (exact) mass is 175 g/mol. The van der Waals surface area contributed by atoms with E-state index in [0.29, 0.717) is 12.3 Å². The summed E-state index contributed by atoms with van der Waals surface area (Å²) in [5.74, 6) is 0.722. The summed E-state index contributed by atoms with van der Waals surface area (Å²) in [5.41, 5.74) is 0. The van der Waals surface area contributed by atoms with Crippen LogP contribution in [0.4, 0.5) is 0 Å². The van der Waals surface area contributed by atoms with Gasteiger partial charge in [0.1, 0.15) is 0 Å². The summed E-state index contributed by atoms with van der Waals surface area (Å²) in [6.07, 6.45) is 0. The molecule has 0 saturated heterocycles. The van der Waals surface area contributed by atoms with Crippen LogP contribution in [0, 0.1) is 0 Å². The van der Waals surface area contributed by atoms with E-state index < -0.39 is 0 Å². The molecular formula is C7H13NO2S. The van der Waals surface area contributed by atoms with Gasteiger partial charge in [0.2, 0.25) is 5.91 Å². The van der Waals surface area contributed by atoms with Crippen LogP contribution in [0.25, 0.3) is 0 Å². The van der Waals surface area contributed by atoms with Crippen LogP contribution < -0.4 is 0 Å². The van der Waals surface area contributed by atoms with Gasteiger partial charge in [-0.25, -0.2) is 0 Å². The minimum absolute atomic E-state index is 0.0363. The number of rotatable bonds is 3. The van der Waals surface area contributed by atoms with Crippen molar-refractivity contribution in [3.05, 3.63) is 0 Å². The van der Waals surface area contributed by atoms with Crippen LogP contribution in [0.1, 0.15) is 13.8 Å². The maximum atomic E-state index is 10.7. The summed E-state index contributed by atoms with van der Waals surface area (Å²) in [4.78, 5) is 22.7. The maximum absolute atomic E-state index is 10.7. The van der Waals surface area contributed by atoms with Crippen LogP contribution >= 0.6 is 11.8 Å². The quantitative estimate of drug-likeness (QED) is 0.635. The molecule has 0 rings (SSSR count). The van der Waals surface area contributed by atoms with Gasteiger partial charge in [0.25, 0.3) is 0 Å². The number of amides is 1. The first-order chi connectivity index (χ1) is 5.04. The molecule has 3 nitrogen and oxygen atoms in total. The lowest BCUT2D eigenvalue weighted by Gasteiger charge is -2.12. The number of nitrogens with zero attached hydrogens (tertiary/aromatic N) is 1. The van der Waals surface area contributed by atoms with Crippen molar-refractivity contribution in [1.82, 2.24) is 4.90 Å². The SMILES string of the molecule is CC(=O)SCCN(C)C(C)=O. The fraction of sp³-hybridized carbons (Fsp3) is 0.714. The molecule has 0 N–H and O–H groups in total. The van der Waals surface area contributed by atoms with Crippen LogP contribution in [0.3, 0.4) is 0 Å². The average Bonchev–Trinajstić information content (AvgIpc) is 1.86. The van der Waals surface area contributed by atoms with Gasteiger partial charge in [-0.3, -0.25) is 9.59 Å². The van der Waals surface area contributed by atoms with Gasteiger partial charge < -0.3 is 4.90 Å². The smallest absolute Gasteiger partial charge is 0.219 e. The zero-order chi connectivity index (χ0) is 8.85. The minimum Gasteiger partial charge on any atom is -0.345 e. The second-order valence-corrected chi connectivity index (χ2v) is 3.55. The second kappa shape index (κ2) is 5.18. The summed E-state index contributed by atoms with van der Waals surface area (Å²) < 4.78 is 0. The molecule has 0 aliphatic heterocycles. The van der Waals surface area contributed by atoms with E-state index in [1.54, 1.807) is 11.9 Å². The molecule has 1 amide bonds. The van der Waals surface area contributed by atoms with Crippen LogP contribution in [0.15, 0.2) is 0 Å². The molecule has 0 spiro atoms. The number of hydrogen-bond acceptors (Lipinski definition) is 3. The molecule has 0 fully saturated rings. The third kappa shape index (κ3) is 5.91. The van der Waals surface area contributed by atoms with E-state index in [9.17, 15) is 9.59 Å². The lowest BCUT2D eigenvalue weighted by Crippen LogP contribution is -2.26. The van der Waals surface area contributed by atoms with Gasteiger partial charge in [-0.15, -0.1) is 0 Å². The molecule has 0 aromatic heterocycles. The Labute approximate surface area is 71.1 Å². The van der Waals surface area contributed by atoms with Crippen molar-refractivity contribution in [2.75, 3.05) is 19.3 Å². The summed E-state index contributed by atoms with van der Waals surface area (Å²) >= 11 is 1.24. The number of carbonyl (C=O) groups is 2. The Morgan fingerprint density at radius 2 is 1.91 bits per heavy atom. The molecule has 0 aromatic carbocycles. The highest BCUT2D eigenvalue weighted by Gasteiger charge is 2.01. The van der Waals surface area contributed by atoms with Gasteiger partial charge in [-0.05, 0) is 0 Å². The first-order valence-electron chi connectivity index (χ1n) is 3.39. The fourth-order valence-electron chi connectivity index (χ4n) is 0.484. The highest BCUT2D eigenvalue weighted by Crippen LogP contribution is 2.00. The van der Waals surface area contributed by atoms with E-state index in [1.807, 2.05) is 0 Å². The van der Waals surface area contributed by atoms with E-state index >= 15 is 0 Å². The Bertz CT molecular complexity index is 159. The molecule has 0 aliphatic rings. The van der Waals surface area contributed by atoms with Crippen molar-refractivity contribution in [3.8, 4) is 0 Å². The highest BCUT2D eigenvalue weighted by atomic mass is 32.2. The first kappa shape index (κ1) is 10.5. The molecule has 0 radical (unpaired) electrons. The molecule has 4 heteroatoms. The highest BCUT2D eigenvalue weighted by molar-refractivity contribution is 8.13. The van der Waals surface area contributed by atoms with E-state index in [0.717, 1.165) is 0 Å². The van der Waals surface area contributed by atoms with E-state index in [4.69, 9.17) is 0 Å². The Kier molecular flexibility index (Phi) is 4.94. The lowest BCUT2D eigenvalue weighted by atomic mass is 10.5. The molecule has 0 bridgehead atoms. The largest absolute Gasteiger partial charge is 0.345 e. The van der Waals surface area contributed by atoms with Gasteiger partial charge in [-0.2, -0.15) is 0 Å². The van der Waals surface area contributed by atoms with Crippen molar-refractivity contribution in [2.45, 2.75) is 13.8 Å². The third-order valence-corrected chi connectivity index (χ3v) is 2.06. The lowest BCUT2D eigenvalue weighted by molar-refractivity contribution is -0.127. The van der Waals surface area contributed by atoms with Gasteiger partial charge in [0, 0.05) is 33.2 Å². The zero-order valence-electron chi connectivity index (χ0n) is 7.09. The summed E-state index contributed by atoms with van der Waals surface area (Å²) in [6, 6.07) is 0. The molecule has 0 saturated carbocycles. The van der Waals surface area contributed by atoms with Crippen molar-refractivity contribution < 1.29 is 9.59 Å². The summed E-state index contributed by atoms with van der Waals surface area (Å²) in [7, 11) is 1.73. The Balaban J connectivity index is 3.39. The van der Waals surface area contributed by atoms with Gasteiger partial charge in [0.05, 0.1) is 0 Å². The normalized spacial score (nSPS) is 9.36.